The van der Waals surface area contributed by atoms with Gasteiger partial charge in [0.25, 0.3) is 0 Å². The van der Waals surface area contributed by atoms with Crippen LogP contribution in [0.5, 0.6) is 5.75 Å². The van der Waals surface area contributed by atoms with E-state index >= 15 is 0 Å². The van der Waals surface area contributed by atoms with Gasteiger partial charge in [-0.1, -0.05) is 12.1 Å². The van der Waals surface area contributed by atoms with Crippen LogP contribution in [-0.4, -0.2) is 42.1 Å². The van der Waals surface area contributed by atoms with E-state index < -0.39 is 35.5 Å². The monoisotopic (exact) mass is 425 g/mol. The van der Waals surface area contributed by atoms with Crippen molar-refractivity contribution >= 4 is 18.3 Å². The molecule has 0 spiro atoms. The quantitative estimate of drug-likeness (QED) is 0.571. The maximum atomic E-state index is 12.0. The lowest BCUT2D eigenvalue weighted by Gasteiger charge is -2.23. The van der Waals surface area contributed by atoms with E-state index in [0.717, 1.165) is 5.56 Å². The van der Waals surface area contributed by atoms with Crippen LogP contribution < -0.4 is 21.3 Å². The molecule has 1 rings (SSSR count). The molecule has 4 N–H and O–H groups in total. The Kier molecular flexibility index (Phi) is 8.91. The van der Waals surface area contributed by atoms with Crippen molar-refractivity contribution in [2.75, 3.05) is 6.61 Å². The van der Waals surface area contributed by atoms with Gasteiger partial charge in [0.1, 0.15) is 18.0 Å². The molecule has 0 saturated heterocycles. The minimum atomic E-state index is -0.946. The standard InChI is InChI=1S/C20H31N3O7/c1-19(2,3)29-17(25)22-14(12-27-16(21)24)11-13-7-9-15(10-8-13)28-18(26)23-30-20(4,5)6/h7-10,14H,11-12H2,1-6H3,(H2,21,24)(H,22,25)(H,23,26)/t14-/m1/s1. The van der Waals surface area contributed by atoms with E-state index in [0.29, 0.717) is 12.2 Å². The average molecular weight is 425 g/mol. The van der Waals surface area contributed by atoms with Crippen LogP contribution in [0.3, 0.4) is 0 Å². The normalized spacial score (nSPS) is 12.5. The first-order valence-electron chi connectivity index (χ1n) is 9.40. The van der Waals surface area contributed by atoms with E-state index in [-0.39, 0.29) is 6.61 Å². The third kappa shape index (κ3) is 11.7. The second-order valence-corrected chi connectivity index (χ2v) is 8.53. The summed E-state index contributed by atoms with van der Waals surface area (Å²) in [6, 6.07) is 6.03. The Morgan fingerprint density at radius 2 is 1.57 bits per heavy atom. The highest BCUT2D eigenvalue weighted by atomic mass is 16.7. The fraction of sp³-hybridized carbons (Fsp3) is 0.550. The van der Waals surface area contributed by atoms with Gasteiger partial charge in [0.05, 0.1) is 11.6 Å². The van der Waals surface area contributed by atoms with Crippen molar-refractivity contribution in [1.29, 1.82) is 0 Å². The molecule has 0 aromatic heterocycles. The van der Waals surface area contributed by atoms with Crippen molar-refractivity contribution in [3.8, 4) is 5.75 Å². The topological polar surface area (TPSA) is 138 Å². The summed E-state index contributed by atoms with van der Waals surface area (Å²) in [5.41, 5.74) is 6.79. The van der Waals surface area contributed by atoms with Crippen LogP contribution in [0, 0.1) is 0 Å². The van der Waals surface area contributed by atoms with Gasteiger partial charge in [-0.2, -0.15) is 5.48 Å². The van der Waals surface area contributed by atoms with Crippen LogP contribution in [0.2, 0.25) is 0 Å². The first kappa shape index (κ1) is 25.0. The Labute approximate surface area is 176 Å². The molecule has 0 aliphatic carbocycles. The fourth-order valence-electron chi connectivity index (χ4n) is 2.11. The molecule has 0 aliphatic heterocycles. The summed E-state index contributed by atoms with van der Waals surface area (Å²) in [6.07, 6.45) is -2.02. The fourth-order valence-corrected chi connectivity index (χ4v) is 2.11. The molecule has 30 heavy (non-hydrogen) atoms. The second kappa shape index (κ2) is 10.7. The number of benzene rings is 1. The zero-order valence-electron chi connectivity index (χ0n) is 18.2. The highest BCUT2D eigenvalue weighted by Crippen LogP contribution is 2.15. The Morgan fingerprint density at radius 1 is 0.967 bits per heavy atom. The highest BCUT2D eigenvalue weighted by molar-refractivity contribution is 5.69. The van der Waals surface area contributed by atoms with Gasteiger partial charge in [0.15, 0.2) is 0 Å². The number of amides is 3. The van der Waals surface area contributed by atoms with Crippen molar-refractivity contribution in [1.82, 2.24) is 10.8 Å². The summed E-state index contributed by atoms with van der Waals surface area (Å²) in [7, 11) is 0. The summed E-state index contributed by atoms with van der Waals surface area (Å²) >= 11 is 0. The van der Waals surface area contributed by atoms with Gasteiger partial charge in [-0.15, -0.1) is 0 Å². The maximum absolute atomic E-state index is 12.0. The smallest absolute Gasteiger partial charge is 0.436 e. The lowest BCUT2D eigenvalue weighted by Crippen LogP contribution is -2.43. The molecule has 0 heterocycles. The minimum Gasteiger partial charge on any atom is -0.448 e. The van der Waals surface area contributed by atoms with Gasteiger partial charge in [-0.3, -0.25) is 4.84 Å². The van der Waals surface area contributed by atoms with E-state index in [4.69, 9.17) is 24.8 Å². The summed E-state index contributed by atoms with van der Waals surface area (Å²) in [4.78, 5) is 39.8. The first-order chi connectivity index (χ1) is 13.7. The summed E-state index contributed by atoms with van der Waals surface area (Å²) in [5, 5.41) is 2.65. The van der Waals surface area contributed by atoms with Crippen LogP contribution in [0.1, 0.15) is 47.1 Å². The van der Waals surface area contributed by atoms with Gasteiger partial charge in [0, 0.05) is 0 Å². The third-order valence-electron chi connectivity index (χ3n) is 3.20. The molecular formula is C20H31N3O7. The molecule has 0 fully saturated rings. The lowest BCUT2D eigenvalue weighted by atomic mass is 10.1. The van der Waals surface area contributed by atoms with Crippen LogP contribution in [-0.2, 0) is 20.7 Å². The van der Waals surface area contributed by atoms with Crippen molar-refractivity contribution in [3.63, 3.8) is 0 Å². The first-order valence-corrected chi connectivity index (χ1v) is 9.40. The molecule has 1 aromatic rings. The molecule has 10 heteroatoms. The van der Waals surface area contributed by atoms with Crippen molar-refractivity contribution < 1.29 is 33.4 Å². The number of carbonyl (C=O) groups is 3. The Bertz CT molecular complexity index is 721. The van der Waals surface area contributed by atoms with E-state index in [1.807, 2.05) is 0 Å². The van der Waals surface area contributed by atoms with E-state index in [1.54, 1.807) is 65.8 Å². The molecule has 1 atom stereocenters. The molecule has 1 aromatic carbocycles. The third-order valence-corrected chi connectivity index (χ3v) is 3.20. The predicted molar refractivity (Wildman–Crippen MR) is 109 cm³/mol. The van der Waals surface area contributed by atoms with E-state index in [2.05, 4.69) is 10.8 Å². The number of hydroxylamine groups is 1. The van der Waals surface area contributed by atoms with E-state index in [1.165, 1.54) is 0 Å². The number of rotatable bonds is 7. The number of alkyl carbamates (subject to hydrolysis) is 1. The number of hydrogen-bond donors (Lipinski definition) is 3. The zero-order valence-corrected chi connectivity index (χ0v) is 18.2. The Hall–Kier alpha value is -3.01. The van der Waals surface area contributed by atoms with Gasteiger partial charge >= 0.3 is 18.3 Å². The van der Waals surface area contributed by atoms with Gasteiger partial charge in [0.2, 0.25) is 0 Å². The predicted octanol–water partition coefficient (Wildman–Crippen LogP) is 3.04. The number of ether oxygens (including phenoxy) is 3. The molecule has 0 radical (unpaired) electrons. The molecule has 168 valence electrons. The molecule has 0 unspecified atom stereocenters. The Balaban J connectivity index is 2.69. The molecule has 10 nitrogen and oxygen atoms in total. The summed E-state index contributed by atoms with van der Waals surface area (Å²) in [5.74, 6) is 0.304. The van der Waals surface area contributed by atoms with Gasteiger partial charge < -0.3 is 25.3 Å². The Morgan fingerprint density at radius 3 is 2.07 bits per heavy atom. The molecular weight excluding hydrogens is 394 g/mol. The number of nitrogens with one attached hydrogen (secondary N) is 2. The van der Waals surface area contributed by atoms with Crippen molar-refractivity contribution in [2.45, 2.75) is 65.2 Å². The molecule has 0 aliphatic rings. The van der Waals surface area contributed by atoms with Gasteiger partial charge in [-0.05, 0) is 65.7 Å². The van der Waals surface area contributed by atoms with E-state index in [9.17, 15) is 14.4 Å². The number of primary amides is 1. The number of carbonyl (C=O) groups excluding carboxylic acids is 3. The van der Waals surface area contributed by atoms with Crippen LogP contribution in [0.15, 0.2) is 24.3 Å². The highest BCUT2D eigenvalue weighted by Gasteiger charge is 2.21. The average Bonchev–Trinajstić information content (AvgIpc) is 2.57. The van der Waals surface area contributed by atoms with Crippen molar-refractivity contribution in [2.24, 2.45) is 5.73 Å². The molecule has 3 amide bonds. The zero-order chi connectivity index (χ0) is 22.9. The number of nitrogens with two attached hydrogens (primary N) is 1. The lowest BCUT2D eigenvalue weighted by molar-refractivity contribution is -0.0599. The number of hydrogen-bond acceptors (Lipinski definition) is 7. The second-order valence-electron chi connectivity index (χ2n) is 8.53. The van der Waals surface area contributed by atoms with Crippen LogP contribution in [0.25, 0.3) is 0 Å². The summed E-state index contributed by atoms with van der Waals surface area (Å²) < 4.78 is 15.2. The molecule has 0 saturated carbocycles. The SMILES string of the molecule is CC(C)(C)ONC(=O)Oc1ccc(C[C@H](COC(N)=O)NC(=O)OC(C)(C)C)cc1. The summed E-state index contributed by atoms with van der Waals surface area (Å²) in [6.45, 7) is 10.4. The molecule has 0 bridgehead atoms. The minimum absolute atomic E-state index is 0.126. The van der Waals surface area contributed by atoms with Crippen LogP contribution >= 0.6 is 0 Å². The largest absolute Gasteiger partial charge is 0.448 e. The maximum Gasteiger partial charge on any atom is 0.436 e. The van der Waals surface area contributed by atoms with Crippen molar-refractivity contribution in [3.05, 3.63) is 29.8 Å². The van der Waals surface area contributed by atoms with Gasteiger partial charge in [-0.25, -0.2) is 14.4 Å². The van der Waals surface area contributed by atoms with Crippen LogP contribution in [0.4, 0.5) is 14.4 Å².